The van der Waals surface area contributed by atoms with E-state index in [-0.39, 0.29) is 5.91 Å². The number of ether oxygens (including phenoxy) is 1. The number of amides is 1. The summed E-state index contributed by atoms with van der Waals surface area (Å²) in [7, 11) is 1.72. The molecule has 1 aliphatic heterocycles. The van der Waals surface area contributed by atoms with Gasteiger partial charge in [0, 0.05) is 32.2 Å². The van der Waals surface area contributed by atoms with Gasteiger partial charge in [0.25, 0.3) is 0 Å². The normalized spacial score (nSPS) is 29.0. The molecule has 3 aliphatic rings. The smallest absolute Gasteiger partial charge is 0.234 e. The molecule has 1 amide bonds. The highest BCUT2D eigenvalue weighted by Gasteiger charge is 2.42. The van der Waals surface area contributed by atoms with Gasteiger partial charge in [0.2, 0.25) is 5.91 Å². The molecule has 5 heteroatoms. The number of hydrogen-bond acceptors (Lipinski definition) is 4. The third-order valence-corrected chi connectivity index (χ3v) is 6.99. The van der Waals surface area contributed by atoms with Crippen molar-refractivity contribution in [2.45, 2.75) is 38.6 Å². The van der Waals surface area contributed by atoms with E-state index in [1.54, 1.807) is 7.11 Å². The van der Waals surface area contributed by atoms with Gasteiger partial charge < -0.3 is 15.0 Å². The zero-order chi connectivity index (χ0) is 18.8. The maximum atomic E-state index is 12.6. The number of methoxy groups -OCH3 is 1. The van der Waals surface area contributed by atoms with Gasteiger partial charge in [-0.05, 0) is 56.1 Å². The third kappa shape index (κ3) is 4.08. The van der Waals surface area contributed by atoms with Crippen LogP contribution in [-0.2, 0) is 4.79 Å². The first-order valence-corrected chi connectivity index (χ1v) is 10.5. The second kappa shape index (κ2) is 8.09. The van der Waals surface area contributed by atoms with Crippen molar-refractivity contribution in [1.82, 2.24) is 10.2 Å². The lowest BCUT2D eigenvalue weighted by atomic mass is 9.84. The van der Waals surface area contributed by atoms with E-state index in [2.05, 4.69) is 34.2 Å². The summed E-state index contributed by atoms with van der Waals surface area (Å²) < 4.78 is 5.48. The highest BCUT2D eigenvalue weighted by Crippen LogP contribution is 2.49. The van der Waals surface area contributed by atoms with Crippen LogP contribution in [-0.4, -0.2) is 56.7 Å². The number of carbonyl (C=O) groups is 1. The fourth-order valence-corrected chi connectivity index (χ4v) is 5.55. The number of piperazine rings is 1. The van der Waals surface area contributed by atoms with Gasteiger partial charge in [-0.15, -0.1) is 0 Å². The molecule has 0 radical (unpaired) electrons. The largest absolute Gasteiger partial charge is 0.495 e. The van der Waals surface area contributed by atoms with Crippen LogP contribution in [0.15, 0.2) is 24.3 Å². The van der Waals surface area contributed by atoms with Crippen LogP contribution in [0.1, 0.15) is 32.6 Å². The van der Waals surface area contributed by atoms with Gasteiger partial charge in [-0.1, -0.05) is 18.6 Å². The standard InChI is InChI=1S/C22H33N3O2/c1-16(19-14-17-7-8-18(19)13-17)23-22(26)15-24-9-11-25(12-10-24)20-5-3-4-6-21(20)27-2/h3-6,16-19H,7-15H2,1-2H3,(H,23,26). The van der Waals surface area contributed by atoms with E-state index in [1.165, 1.54) is 25.7 Å². The van der Waals surface area contributed by atoms with Crippen LogP contribution in [0.3, 0.4) is 0 Å². The molecule has 2 bridgehead atoms. The first-order chi connectivity index (χ1) is 13.1. The number of hydrogen-bond donors (Lipinski definition) is 1. The number of rotatable bonds is 6. The summed E-state index contributed by atoms with van der Waals surface area (Å²) >= 11 is 0. The molecule has 3 fully saturated rings. The molecular weight excluding hydrogens is 338 g/mol. The molecule has 0 aromatic heterocycles. The molecule has 1 aromatic carbocycles. The monoisotopic (exact) mass is 371 g/mol. The molecule has 148 valence electrons. The Morgan fingerprint density at radius 3 is 2.63 bits per heavy atom. The molecule has 2 aliphatic carbocycles. The predicted molar refractivity (Wildman–Crippen MR) is 108 cm³/mol. The minimum Gasteiger partial charge on any atom is -0.495 e. The Kier molecular flexibility index (Phi) is 5.58. The molecule has 0 spiro atoms. The van der Waals surface area contributed by atoms with Crippen LogP contribution in [0.5, 0.6) is 5.75 Å². The van der Waals surface area contributed by atoms with Crippen molar-refractivity contribution in [3.63, 3.8) is 0 Å². The van der Waals surface area contributed by atoms with Crippen LogP contribution in [0.2, 0.25) is 0 Å². The van der Waals surface area contributed by atoms with Crippen LogP contribution in [0, 0.1) is 17.8 Å². The topological polar surface area (TPSA) is 44.8 Å². The number of para-hydroxylation sites is 2. The highest BCUT2D eigenvalue weighted by molar-refractivity contribution is 5.78. The first-order valence-electron chi connectivity index (χ1n) is 10.5. The fourth-order valence-electron chi connectivity index (χ4n) is 5.55. The molecule has 4 atom stereocenters. The van der Waals surface area contributed by atoms with Crippen molar-refractivity contribution in [1.29, 1.82) is 0 Å². The van der Waals surface area contributed by atoms with Crippen molar-refractivity contribution in [3.8, 4) is 5.75 Å². The molecule has 1 heterocycles. The molecule has 1 saturated heterocycles. The minimum absolute atomic E-state index is 0.191. The SMILES string of the molecule is COc1ccccc1N1CCN(CC(=O)NC(C)C2CC3CCC2C3)CC1. The van der Waals surface area contributed by atoms with Gasteiger partial charge in [0.1, 0.15) is 5.75 Å². The van der Waals surface area contributed by atoms with Crippen LogP contribution in [0.4, 0.5) is 5.69 Å². The summed E-state index contributed by atoms with van der Waals surface area (Å²) in [4.78, 5) is 17.2. The number of carbonyl (C=O) groups excluding carboxylic acids is 1. The Hall–Kier alpha value is -1.75. The summed E-state index contributed by atoms with van der Waals surface area (Å²) in [6.45, 7) is 6.40. The Bertz CT molecular complexity index is 657. The molecule has 27 heavy (non-hydrogen) atoms. The Morgan fingerprint density at radius 1 is 1.19 bits per heavy atom. The number of anilines is 1. The molecule has 1 N–H and O–H groups in total. The summed E-state index contributed by atoms with van der Waals surface area (Å²) in [5.41, 5.74) is 1.15. The average Bonchev–Trinajstić information content (AvgIpc) is 3.32. The van der Waals surface area contributed by atoms with Crippen LogP contribution < -0.4 is 15.0 Å². The Labute approximate surface area is 163 Å². The van der Waals surface area contributed by atoms with E-state index >= 15 is 0 Å². The number of fused-ring (bicyclic) bond motifs is 2. The van der Waals surface area contributed by atoms with Gasteiger partial charge in [0.15, 0.2) is 0 Å². The van der Waals surface area contributed by atoms with Crippen molar-refractivity contribution in [2.24, 2.45) is 17.8 Å². The zero-order valence-corrected chi connectivity index (χ0v) is 16.7. The second-order valence-corrected chi connectivity index (χ2v) is 8.63. The highest BCUT2D eigenvalue weighted by atomic mass is 16.5. The lowest BCUT2D eigenvalue weighted by Crippen LogP contribution is -2.51. The van der Waals surface area contributed by atoms with E-state index in [0.29, 0.717) is 18.5 Å². The first kappa shape index (κ1) is 18.6. The van der Waals surface area contributed by atoms with E-state index in [4.69, 9.17) is 4.74 Å². The van der Waals surface area contributed by atoms with Gasteiger partial charge >= 0.3 is 0 Å². The van der Waals surface area contributed by atoms with E-state index in [0.717, 1.165) is 49.5 Å². The predicted octanol–water partition coefficient (Wildman–Crippen LogP) is 2.76. The molecule has 4 rings (SSSR count). The zero-order valence-electron chi connectivity index (χ0n) is 16.7. The molecule has 4 unspecified atom stereocenters. The lowest BCUT2D eigenvalue weighted by Gasteiger charge is -2.36. The van der Waals surface area contributed by atoms with E-state index in [9.17, 15) is 4.79 Å². The van der Waals surface area contributed by atoms with Gasteiger partial charge in [-0.3, -0.25) is 9.69 Å². The number of benzene rings is 1. The molecular formula is C22H33N3O2. The summed E-state index contributed by atoms with van der Waals surface area (Å²) in [5, 5.41) is 3.30. The van der Waals surface area contributed by atoms with E-state index < -0.39 is 0 Å². The van der Waals surface area contributed by atoms with E-state index in [1.807, 2.05) is 12.1 Å². The molecule has 2 saturated carbocycles. The number of nitrogens with one attached hydrogen (secondary N) is 1. The van der Waals surface area contributed by atoms with Crippen molar-refractivity contribution in [3.05, 3.63) is 24.3 Å². The van der Waals surface area contributed by atoms with Crippen LogP contribution in [0.25, 0.3) is 0 Å². The van der Waals surface area contributed by atoms with Crippen molar-refractivity contribution < 1.29 is 9.53 Å². The fraction of sp³-hybridized carbons (Fsp3) is 0.682. The van der Waals surface area contributed by atoms with Crippen molar-refractivity contribution in [2.75, 3.05) is 44.7 Å². The minimum atomic E-state index is 0.191. The lowest BCUT2D eigenvalue weighted by molar-refractivity contribution is -0.123. The van der Waals surface area contributed by atoms with Gasteiger partial charge in [0.05, 0.1) is 19.3 Å². The second-order valence-electron chi connectivity index (χ2n) is 8.63. The average molecular weight is 372 g/mol. The van der Waals surface area contributed by atoms with Crippen molar-refractivity contribution >= 4 is 11.6 Å². The summed E-state index contributed by atoms with van der Waals surface area (Å²) in [6, 6.07) is 8.49. The Balaban J connectivity index is 1.23. The molecule has 1 aromatic rings. The Morgan fingerprint density at radius 2 is 1.96 bits per heavy atom. The third-order valence-electron chi connectivity index (χ3n) is 6.99. The number of nitrogens with zero attached hydrogens (tertiary/aromatic N) is 2. The molecule has 5 nitrogen and oxygen atoms in total. The maximum absolute atomic E-state index is 12.6. The maximum Gasteiger partial charge on any atom is 0.234 e. The summed E-state index contributed by atoms with van der Waals surface area (Å²) in [6.07, 6.45) is 5.51. The van der Waals surface area contributed by atoms with Crippen LogP contribution >= 0.6 is 0 Å². The quantitative estimate of drug-likeness (QED) is 0.835. The summed E-state index contributed by atoms with van der Waals surface area (Å²) in [5.74, 6) is 3.60. The van der Waals surface area contributed by atoms with Gasteiger partial charge in [-0.25, -0.2) is 0 Å². The van der Waals surface area contributed by atoms with Gasteiger partial charge in [-0.2, -0.15) is 0 Å².